The zero-order valence-corrected chi connectivity index (χ0v) is 15.3. The lowest BCUT2D eigenvalue weighted by Gasteiger charge is -2.05. The van der Waals surface area contributed by atoms with Gasteiger partial charge in [0, 0.05) is 27.7 Å². The Morgan fingerprint density at radius 2 is 2.04 bits per heavy atom. The lowest BCUT2D eigenvalue weighted by molar-refractivity contribution is 0.754. The van der Waals surface area contributed by atoms with E-state index in [4.69, 9.17) is 0 Å². The van der Waals surface area contributed by atoms with Crippen LogP contribution in [0, 0.1) is 0 Å². The van der Waals surface area contributed by atoms with Gasteiger partial charge in [0.05, 0.1) is 17.6 Å². The number of rotatable bonds is 4. The number of thiazole rings is 1. The second-order valence-electron chi connectivity index (χ2n) is 5.29. The van der Waals surface area contributed by atoms with Gasteiger partial charge in [-0.15, -0.1) is 11.3 Å². The van der Waals surface area contributed by atoms with Gasteiger partial charge in [0.2, 0.25) is 4.80 Å². The van der Waals surface area contributed by atoms with Crippen LogP contribution in [0.4, 0.5) is 0 Å². The molecule has 0 aliphatic rings. The van der Waals surface area contributed by atoms with Crippen LogP contribution < -0.4 is 4.80 Å². The normalized spacial score (nSPS) is 12.6. The molecule has 2 aromatic heterocycles. The van der Waals surface area contributed by atoms with Crippen LogP contribution in [0.15, 0.2) is 62.5 Å². The molecule has 2 heterocycles. The summed E-state index contributed by atoms with van der Waals surface area (Å²) >= 11 is 5.22. The van der Waals surface area contributed by atoms with Crippen molar-refractivity contribution in [2.45, 2.75) is 19.9 Å². The molecule has 0 unspecified atom stereocenters. The summed E-state index contributed by atoms with van der Waals surface area (Å²) in [6.07, 6.45) is 3.69. The quantitative estimate of drug-likeness (QED) is 0.639. The minimum atomic E-state index is 0.215. The van der Waals surface area contributed by atoms with E-state index in [2.05, 4.69) is 56.3 Å². The highest BCUT2D eigenvalue weighted by atomic mass is 79.9. The number of nitrogens with one attached hydrogen (secondary N) is 1. The highest BCUT2D eigenvalue weighted by Crippen LogP contribution is 2.28. The van der Waals surface area contributed by atoms with Crippen molar-refractivity contribution in [3.63, 3.8) is 0 Å². The van der Waals surface area contributed by atoms with Gasteiger partial charge in [0.1, 0.15) is 0 Å². The Bertz CT molecular complexity index is 872. The van der Waals surface area contributed by atoms with Crippen molar-refractivity contribution in [3.05, 3.63) is 62.9 Å². The summed E-state index contributed by atoms with van der Waals surface area (Å²) in [6.45, 7) is 4.13. The topological polar surface area (TPSA) is 45.4 Å². The summed E-state index contributed by atoms with van der Waals surface area (Å²) < 4.78 is 2.93. The molecule has 0 saturated carbocycles. The first-order valence-corrected chi connectivity index (χ1v) is 8.99. The van der Waals surface area contributed by atoms with Gasteiger partial charge >= 0.3 is 0 Å². The molecular formula is C17H17BrN4S. The van der Waals surface area contributed by atoms with Crippen molar-refractivity contribution in [2.24, 2.45) is 10.1 Å². The highest BCUT2D eigenvalue weighted by molar-refractivity contribution is 9.10. The monoisotopic (exact) mass is 388 g/mol. The van der Waals surface area contributed by atoms with Gasteiger partial charge in [-0.3, -0.25) is 4.99 Å². The van der Waals surface area contributed by atoms with E-state index in [1.165, 1.54) is 0 Å². The standard InChI is InChI=1S/C17H17BrN4S/c1-12(2)21-17-22(20-10-13-6-5-9-19-13)16(11-23-17)14-7-3-4-8-15(14)18/h3-12,19H,1-2H3. The number of benzene rings is 1. The number of H-pyrrole nitrogens is 1. The largest absolute Gasteiger partial charge is 0.360 e. The number of aromatic nitrogens is 2. The van der Waals surface area contributed by atoms with Crippen LogP contribution in [0.25, 0.3) is 11.3 Å². The molecule has 0 spiro atoms. The maximum absolute atomic E-state index is 4.68. The minimum absolute atomic E-state index is 0.215. The molecule has 1 aromatic carbocycles. The van der Waals surface area contributed by atoms with E-state index in [9.17, 15) is 0 Å². The molecule has 23 heavy (non-hydrogen) atoms. The van der Waals surface area contributed by atoms with Crippen molar-refractivity contribution in [2.75, 3.05) is 0 Å². The Balaban J connectivity index is 2.14. The van der Waals surface area contributed by atoms with Gasteiger partial charge < -0.3 is 4.98 Å². The molecule has 3 rings (SSSR count). The van der Waals surface area contributed by atoms with Crippen molar-refractivity contribution in [1.29, 1.82) is 0 Å². The Morgan fingerprint density at radius 3 is 2.74 bits per heavy atom. The minimum Gasteiger partial charge on any atom is -0.360 e. The average molecular weight is 389 g/mol. The van der Waals surface area contributed by atoms with Crippen LogP contribution in [0.5, 0.6) is 0 Å². The number of aromatic amines is 1. The molecule has 1 N–H and O–H groups in total. The van der Waals surface area contributed by atoms with Crippen molar-refractivity contribution in [3.8, 4) is 11.3 Å². The predicted molar refractivity (Wildman–Crippen MR) is 99.9 cm³/mol. The molecule has 0 amide bonds. The predicted octanol–water partition coefficient (Wildman–Crippen LogP) is 4.50. The zero-order valence-electron chi connectivity index (χ0n) is 12.9. The van der Waals surface area contributed by atoms with Crippen LogP contribution in [0.3, 0.4) is 0 Å². The fourth-order valence-corrected chi connectivity index (χ4v) is 3.57. The van der Waals surface area contributed by atoms with Crippen LogP contribution in [0.2, 0.25) is 0 Å². The van der Waals surface area contributed by atoms with Crippen molar-refractivity contribution < 1.29 is 0 Å². The maximum atomic E-state index is 4.68. The molecule has 0 fully saturated rings. The third kappa shape index (κ3) is 3.71. The van der Waals surface area contributed by atoms with Crippen molar-refractivity contribution in [1.82, 2.24) is 9.66 Å². The van der Waals surface area contributed by atoms with Gasteiger partial charge in [-0.05, 0) is 32.0 Å². The molecule has 0 atom stereocenters. The van der Waals surface area contributed by atoms with Gasteiger partial charge in [0.15, 0.2) is 0 Å². The third-order valence-corrected chi connectivity index (χ3v) is 4.66. The van der Waals surface area contributed by atoms with Gasteiger partial charge in [-0.1, -0.05) is 34.1 Å². The van der Waals surface area contributed by atoms with Gasteiger partial charge in [0.25, 0.3) is 0 Å². The van der Waals surface area contributed by atoms with E-state index in [0.717, 1.165) is 26.2 Å². The lowest BCUT2D eigenvalue weighted by Crippen LogP contribution is -2.14. The summed E-state index contributed by atoms with van der Waals surface area (Å²) in [4.78, 5) is 8.69. The molecular weight excluding hydrogens is 372 g/mol. The van der Waals surface area contributed by atoms with E-state index in [1.54, 1.807) is 11.3 Å². The van der Waals surface area contributed by atoms with E-state index >= 15 is 0 Å². The maximum Gasteiger partial charge on any atom is 0.206 e. The Hall–Kier alpha value is -1.92. The summed E-state index contributed by atoms with van der Waals surface area (Å²) in [5.41, 5.74) is 3.07. The summed E-state index contributed by atoms with van der Waals surface area (Å²) in [5, 5.41) is 6.73. The zero-order chi connectivity index (χ0) is 16.2. The Morgan fingerprint density at radius 1 is 1.22 bits per heavy atom. The molecule has 6 heteroatoms. The molecule has 0 aliphatic heterocycles. The fraction of sp³-hybridized carbons (Fsp3) is 0.176. The first kappa shape index (κ1) is 16.0. The van der Waals surface area contributed by atoms with Gasteiger partial charge in [-0.2, -0.15) is 5.10 Å². The van der Waals surface area contributed by atoms with Crippen LogP contribution >= 0.6 is 27.3 Å². The lowest BCUT2D eigenvalue weighted by atomic mass is 10.2. The second kappa shape index (κ2) is 7.10. The van der Waals surface area contributed by atoms with E-state index in [-0.39, 0.29) is 6.04 Å². The number of nitrogens with zero attached hydrogens (tertiary/aromatic N) is 3. The Labute approximate surface area is 147 Å². The van der Waals surface area contributed by atoms with Crippen LogP contribution in [-0.4, -0.2) is 21.9 Å². The average Bonchev–Trinajstić information content (AvgIpc) is 3.15. The molecule has 0 radical (unpaired) electrons. The molecule has 4 nitrogen and oxygen atoms in total. The first-order chi connectivity index (χ1) is 11.1. The first-order valence-electron chi connectivity index (χ1n) is 7.32. The second-order valence-corrected chi connectivity index (χ2v) is 6.98. The van der Waals surface area contributed by atoms with E-state index in [0.29, 0.717) is 0 Å². The van der Waals surface area contributed by atoms with Crippen molar-refractivity contribution >= 4 is 33.5 Å². The smallest absolute Gasteiger partial charge is 0.206 e. The molecule has 0 bridgehead atoms. The number of halogens is 1. The van der Waals surface area contributed by atoms with Gasteiger partial charge in [-0.25, -0.2) is 4.68 Å². The molecule has 3 aromatic rings. The SMILES string of the molecule is CC(C)N=c1scc(-c2ccccc2Br)n1N=Cc1ccc[nH]1. The van der Waals surface area contributed by atoms with Crippen LogP contribution in [0.1, 0.15) is 19.5 Å². The van der Waals surface area contributed by atoms with Crippen LogP contribution in [-0.2, 0) is 0 Å². The molecule has 0 saturated heterocycles. The third-order valence-electron chi connectivity index (χ3n) is 3.14. The van der Waals surface area contributed by atoms with E-state index < -0.39 is 0 Å². The summed E-state index contributed by atoms with van der Waals surface area (Å²) in [6, 6.07) is 12.3. The summed E-state index contributed by atoms with van der Waals surface area (Å²) in [5.74, 6) is 0. The summed E-state index contributed by atoms with van der Waals surface area (Å²) in [7, 11) is 0. The van der Waals surface area contributed by atoms with E-state index in [1.807, 2.05) is 47.4 Å². The number of hydrogen-bond acceptors (Lipinski definition) is 3. The highest BCUT2D eigenvalue weighted by Gasteiger charge is 2.10. The fourth-order valence-electron chi connectivity index (χ4n) is 2.12. The Kier molecular flexibility index (Phi) is 4.93. The number of hydrogen-bond donors (Lipinski definition) is 1. The molecule has 118 valence electrons. The molecule has 0 aliphatic carbocycles.